The highest BCUT2D eigenvalue weighted by Crippen LogP contribution is 2.26. The first-order valence-electron chi connectivity index (χ1n) is 6.23. The molecule has 1 saturated carbocycles. The van der Waals surface area contributed by atoms with Crippen molar-refractivity contribution in [2.24, 2.45) is 5.92 Å². The molecule has 2 rings (SSSR count). The van der Waals surface area contributed by atoms with E-state index in [0.29, 0.717) is 5.88 Å². The number of nitrogens with zero attached hydrogens (tertiary/aromatic N) is 1. The SMILES string of the molecule is O=S(=O)(NC1CCCCC1CCl)c1ncccc1F. The van der Waals surface area contributed by atoms with Crippen LogP contribution in [0.1, 0.15) is 25.7 Å². The minimum Gasteiger partial charge on any atom is -0.241 e. The van der Waals surface area contributed by atoms with Crippen molar-refractivity contribution in [1.82, 2.24) is 9.71 Å². The number of nitrogens with one attached hydrogen (secondary N) is 1. The largest absolute Gasteiger partial charge is 0.261 e. The zero-order valence-electron chi connectivity index (χ0n) is 10.4. The van der Waals surface area contributed by atoms with Crippen molar-refractivity contribution >= 4 is 21.6 Å². The summed E-state index contributed by atoms with van der Waals surface area (Å²) in [6.45, 7) is 0. The van der Waals surface area contributed by atoms with Crippen LogP contribution >= 0.6 is 11.6 Å². The number of sulfonamides is 1. The molecule has 7 heteroatoms. The van der Waals surface area contributed by atoms with Crippen molar-refractivity contribution in [1.29, 1.82) is 0 Å². The van der Waals surface area contributed by atoms with E-state index in [1.807, 2.05) is 0 Å². The molecule has 1 N–H and O–H groups in total. The first-order valence-corrected chi connectivity index (χ1v) is 8.25. The number of aromatic nitrogens is 1. The molecule has 1 aromatic heterocycles. The first kappa shape index (κ1) is 14.7. The Hall–Kier alpha value is -0.720. The fourth-order valence-corrected chi connectivity index (χ4v) is 4.09. The maximum atomic E-state index is 13.5. The van der Waals surface area contributed by atoms with Crippen LogP contribution < -0.4 is 4.72 Å². The Labute approximate surface area is 117 Å². The molecular formula is C12H16ClFN2O2S. The van der Waals surface area contributed by atoms with Crippen molar-refractivity contribution < 1.29 is 12.8 Å². The van der Waals surface area contributed by atoms with Crippen LogP contribution in [0.25, 0.3) is 0 Å². The molecule has 0 saturated heterocycles. The maximum absolute atomic E-state index is 13.5. The summed E-state index contributed by atoms with van der Waals surface area (Å²) in [5.74, 6) is -0.345. The van der Waals surface area contributed by atoms with Crippen molar-refractivity contribution in [2.75, 3.05) is 5.88 Å². The van der Waals surface area contributed by atoms with E-state index in [-0.39, 0.29) is 12.0 Å². The van der Waals surface area contributed by atoms with E-state index in [1.165, 1.54) is 12.3 Å². The Morgan fingerprint density at radius 2 is 2.16 bits per heavy atom. The Balaban J connectivity index is 2.19. The second kappa shape index (κ2) is 6.15. The number of rotatable bonds is 4. The molecule has 2 atom stereocenters. The lowest BCUT2D eigenvalue weighted by Crippen LogP contribution is -2.43. The normalized spacial score (nSPS) is 24.3. The molecule has 0 radical (unpaired) electrons. The Bertz CT molecular complexity index is 538. The molecule has 0 spiro atoms. The molecule has 4 nitrogen and oxygen atoms in total. The Morgan fingerprint density at radius 3 is 2.84 bits per heavy atom. The van der Waals surface area contributed by atoms with Gasteiger partial charge in [0, 0.05) is 18.1 Å². The summed E-state index contributed by atoms with van der Waals surface area (Å²) in [6, 6.07) is 2.20. The second-order valence-electron chi connectivity index (χ2n) is 4.72. The summed E-state index contributed by atoms with van der Waals surface area (Å²) in [4.78, 5) is 3.61. The summed E-state index contributed by atoms with van der Waals surface area (Å²) in [5.41, 5.74) is 0. The summed E-state index contributed by atoms with van der Waals surface area (Å²) >= 11 is 5.86. The molecular weight excluding hydrogens is 291 g/mol. The van der Waals surface area contributed by atoms with Crippen LogP contribution in [-0.4, -0.2) is 25.3 Å². The fourth-order valence-electron chi connectivity index (χ4n) is 2.37. The smallest absolute Gasteiger partial charge is 0.241 e. The van der Waals surface area contributed by atoms with Gasteiger partial charge < -0.3 is 0 Å². The van der Waals surface area contributed by atoms with Crippen LogP contribution in [0, 0.1) is 11.7 Å². The monoisotopic (exact) mass is 306 g/mol. The van der Waals surface area contributed by atoms with Gasteiger partial charge in [-0.15, -0.1) is 11.6 Å². The van der Waals surface area contributed by atoms with E-state index in [9.17, 15) is 12.8 Å². The lowest BCUT2D eigenvalue weighted by molar-refractivity contribution is 0.313. The lowest BCUT2D eigenvalue weighted by atomic mass is 9.86. The van der Waals surface area contributed by atoms with Crippen LogP contribution in [0.3, 0.4) is 0 Å². The number of pyridine rings is 1. The van der Waals surface area contributed by atoms with E-state index >= 15 is 0 Å². The Morgan fingerprint density at radius 1 is 1.42 bits per heavy atom. The van der Waals surface area contributed by atoms with Gasteiger partial charge in [0.15, 0.2) is 5.82 Å². The third kappa shape index (κ3) is 3.43. The number of hydrogen-bond donors (Lipinski definition) is 1. The molecule has 0 aliphatic heterocycles. The van der Waals surface area contributed by atoms with Gasteiger partial charge >= 0.3 is 0 Å². The molecule has 1 aromatic rings. The standard InChI is InChI=1S/C12H16ClFN2O2S/c13-8-9-4-1-2-6-11(9)16-19(17,18)12-10(14)5-3-7-15-12/h3,5,7,9,11,16H,1-2,4,6,8H2. The molecule has 19 heavy (non-hydrogen) atoms. The molecule has 1 aliphatic carbocycles. The highest BCUT2D eigenvalue weighted by Gasteiger charge is 2.30. The average Bonchev–Trinajstić information content (AvgIpc) is 2.39. The van der Waals surface area contributed by atoms with E-state index in [1.54, 1.807) is 0 Å². The van der Waals surface area contributed by atoms with Gasteiger partial charge in [-0.05, 0) is 30.9 Å². The summed E-state index contributed by atoms with van der Waals surface area (Å²) < 4.78 is 40.3. The van der Waals surface area contributed by atoms with E-state index < -0.39 is 20.9 Å². The molecule has 0 amide bonds. The highest BCUT2D eigenvalue weighted by molar-refractivity contribution is 7.89. The topological polar surface area (TPSA) is 59.1 Å². The van der Waals surface area contributed by atoms with Crippen molar-refractivity contribution in [2.45, 2.75) is 36.8 Å². The van der Waals surface area contributed by atoms with Crippen LogP contribution in [0.2, 0.25) is 0 Å². The first-order chi connectivity index (χ1) is 9.04. The quantitative estimate of drug-likeness (QED) is 0.868. The van der Waals surface area contributed by atoms with Gasteiger partial charge in [-0.3, -0.25) is 0 Å². The third-order valence-corrected chi connectivity index (χ3v) is 5.21. The van der Waals surface area contributed by atoms with Gasteiger partial charge in [-0.2, -0.15) is 0 Å². The van der Waals surface area contributed by atoms with Gasteiger partial charge in [0.05, 0.1) is 0 Å². The molecule has 1 aliphatic rings. The molecule has 0 aromatic carbocycles. The maximum Gasteiger partial charge on any atom is 0.261 e. The molecule has 0 bridgehead atoms. The van der Waals surface area contributed by atoms with Crippen LogP contribution in [0.4, 0.5) is 4.39 Å². The Kier molecular flexibility index (Phi) is 4.76. The fraction of sp³-hybridized carbons (Fsp3) is 0.583. The number of hydrogen-bond acceptors (Lipinski definition) is 3. The van der Waals surface area contributed by atoms with Crippen molar-refractivity contribution in [3.8, 4) is 0 Å². The van der Waals surface area contributed by atoms with E-state index in [0.717, 1.165) is 31.7 Å². The minimum absolute atomic E-state index is 0.0944. The van der Waals surface area contributed by atoms with Crippen molar-refractivity contribution in [3.05, 3.63) is 24.1 Å². The van der Waals surface area contributed by atoms with Gasteiger partial charge in [0.25, 0.3) is 10.0 Å². The summed E-state index contributed by atoms with van der Waals surface area (Å²) in [6.07, 6.45) is 4.88. The zero-order chi connectivity index (χ0) is 13.9. The van der Waals surface area contributed by atoms with Gasteiger partial charge in [-0.25, -0.2) is 22.5 Å². The van der Waals surface area contributed by atoms with Crippen LogP contribution in [-0.2, 0) is 10.0 Å². The molecule has 2 unspecified atom stereocenters. The zero-order valence-corrected chi connectivity index (χ0v) is 11.9. The molecule has 1 heterocycles. The van der Waals surface area contributed by atoms with E-state index in [2.05, 4.69) is 9.71 Å². The predicted octanol–water partition coefficient (Wildman–Crippen LogP) is 2.30. The summed E-state index contributed by atoms with van der Waals surface area (Å²) in [7, 11) is -3.93. The van der Waals surface area contributed by atoms with Crippen LogP contribution in [0.5, 0.6) is 0 Å². The molecule has 106 valence electrons. The van der Waals surface area contributed by atoms with Crippen LogP contribution in [0.15, 0.2) is 23.4 Å². The third-order valence-electron chi connectivity index (χ3n) is 3.39. The minimum atomic E-state index is -3.93. The van der Waals surface area contributed by atoms with E-state index in [4.69, 9.17) is 11.6 Å². The second-order valence-corrected chi connectivity index (χ2v) is 6.65. The van der Waals surface area contributed by atoms with Crippen molar-refractivity contribution in [3.63, 3.8) is 0 Å². The lowest BCUT2D eigenvalue weighted by Gasteiger charge is -2.30. The highest BCUT2D eigenvalue weighted by atomic mass is 35.5. The number of alkyl halides is 1. The predicted molar refractivity (Wildman–Crippen MR) is 71.0 cm³/mol. The van der Waals surface area contributed by atoms with Gasteiger partial charge in [0.1, 0.15) is 0 Å². The molecule has 1 fully saturated rings. The average molecular weight is 307 g/mol. The van der Waals surface area contributed by atoms with Gasteiger partial charge in [-0.1, -0.05) is 12.8 Å². The number of halogens is 2. The van der Waals surface area contributed by atoms with Gasteiger partial charge in [0.2, 0.25) is 5.03 Å². The summed E-state index contributed by atoms with van der Waals surface area (Å²) in [5, 5.41) is -0.547.